The molecule has 190 valence electrons. The van der Waals surface area contributed by atoms with E-state index < -0.39 is 5.97 Å². The van der Waals surface area contributed by atoms with Gasteiger partial charge in [-0.05, 0) is 58.7 Å². The number of carbonyl (C=O) groups excluding carboxylic acids is 1. The molecule has 1 unspecified atom stereocenters. The number of ether oxygens (including phenoxy) is 5. The lowest BCUT2D eigenvalue weighted by molar-refractivity contribution is -0.130. The average Bonchev–Trinajstić information content (AvgIpc) is 3.54. The first kappa shape index (κ1) is 23.7. The molecule has 2 aliphatic rings. The van der Waals surface area contributed by atoms with Crippen molar-refractivity contribution < 1.29 is 28.5 Å². The van der Waals surface area contributed by atoms with Gasteiger partial charge in [0, 0.05) is 17.6 Å². The summed E-state index contributed by atoms with van der Waals surface area (Å²) in [4.78, 5) is 13.7. The Bertz CT molecular complexity index is 1520. The van der Waals surface area contributed by atoms with E-state index in [-0.39, 0.29) is 12.7 Å². The summed E-state index contributed by atoms with van der Waals surface area (Å²) in [5, 5.41) is 0. The quantitative estimate of drug-likeness (QED) is 0.210. The number of rotatable bonds is 7. The van der Waals surface area contributed by atoms with Crippen LogP contribution in [0.15, 0.2) is 96.6 Å². The molecule has 1 aliphatic heterocycles. The third-order valence-corrected chi connectivity index (χ3v) is 6.86. The number of hydrogen-bond acceptors (Lipinski definition) is 6. The second-order valence-electron chi connectivity index (χ2n) is 9.17. The van der Waals surface area contributed by atoms with E-state index in [9.17, 15) is 4.79 Å². The van der Waals surface area contributed by atoms with Crippen molar-refractivity contribution in [3.8, 4) is 28.7 Å². The highest BCUT2D eigenvalue weighted by Gasteiger charge is 2.35. The highest BCUT2D eigenvalue weighted by Crippen LogP contribution is 2.47. The molecule has 6 nitrogen and oxygen atoms in total. The van der Waals surface area contributed by atoms with Crippen LogP contribution in [0.2, 0.25) is 0 Å². The van der Waals surface area contributed by atoms with E-state index in [4.69, 9.17) is 23.7 Å². The largest absolute Gasteiger partial charge is 0.497 e. The zero-order chi connectivity index (χ0) is 26.1. The minimum atomic E-state index is -0.412. The van der Waals surface area contributed by atoms with Crippen LogP contribution in [-0.4, -0.2) is 19.9 Å². The van der Waals surface area contributed by atoms with Crippen LogP contribution in [0, 0.1) is 0 Å². The molecule has 0 aromatic heterocycles. The van der Waals surface area contributed by atoms with Gasteiger partial charge in [-0.2, -0.15) is 0 Å². The Morgan fingerprint density at radius 1 is 0.842 bits per heavy atom. The number of methoxy groups -OCH3 is 1. The maximum Gasteiger partial charge on any atom is 0.340 e. The predicted octanol–water partition coefficient (Wildman–Crippen LogP) is 6.53. The van der Waals surface area contributed by atoms with Crippen LogP contribution in [0.3, 0.4) is 0 Å². The SMILES string of the molecule is COc1ccc(C2=C(C(=O)Oc3ccc4c(c3)OCO4)C(C)c3ccc(OCc4ccccc4)cc32)cc1. The van der Waals surface area contributed by atoms with Crippen molar-refractivity contribution in [2.45, 2.75) is 19.4 Å². The topological polar surface area (TPSA) is 63.2 Å². The summed E-state index contributed by atoms with van der Waals surface area (Å²) in [6.45, 7) is 2.63. The summed E-state index contributed by atoms with van der Waals surface area (Å²) in [6, 6.07) is 28.9. The van der Waals surface area contributed by atoms with Crippen LogP contribution < -0.4 is 23.7 Å². The maximum atomic E-state index is 13.7. The van der Waals surface area contributed by atoms with Crippen LogP contribution in [-0.2, 0) is 11.4 Å². The number of fused-ring (bicyclic) bond motifs is 2. The van der Waals surface area contributed by atoms with Gasteiger partial charge in [-0.3, -0.25) is 0 Å². The Morgan fingerprint density at radius 2 is 1.58 bits per heavy atom. The number of carbonyl (C=O) groups is 1. The molecule has 1 heterocycles. The van der Waals surface area contributed by atoms with Gasteiger partial charge >= 0.3 is 5.97 Å². The van der Waals surface area contributed by atoms with E-state index in [2.05, 4.69) is 0 Å². The fourth-order valence-electron chi connectivity index (χ4n) is 4.93. The summed E-state index contributed by atoms with van der Waals surface area (Å²) >= 11 is 0. The van der Waals surface area contributed by atoms with Gasteiger partial charge in [0.05, 0.1) is 12.7 Å². The molecule has 6 rings (SSSR count). The summed E-state index contributed by atoms with van der Waals surface area (Å²) < 4.78 is 28.2. The summed E-state index contributed by atoms with van der Waals surface area (Å²) in [5.74, 6) is 2.48. The van der Waals surface area contributed by atoms with Gasteiger partial charge < -0.3 is 23.7 Å². The molecule has 0 N–H and O–H groups in total. The highest BCUT2D eigenvalue weighted by molar-refractivity contribution is 6.07. The fourth-order valence-corrected chi connectivity index (χ4v) is 4.93. The highest BCUT2D eigenvalue weighted by atomic mass is 16.7. The molecule has 0 bridgehead atoms. The Kier molecular flexibility index (Phi) is 6.22. The monoisotopic (exact) mass is 506 g/mol. The fraction of sp³-hybridized carbons (Fsp3) is 0.156. The molecule has 1 aliphatic carbocycles. The smallest absolute Gasteiger partial charge is 0.340 e. The van der Waals surface area contributed by atoms with Crippen molar-refractivity contribution in [3.63, 3.8) is 0 Å². The van der Waals surface area contributed by atoms with Gasteiger partial charge in [0.15, 0.2) is 11.5 Å². The lowest BCUT2D eigenvalue weighted by Gasteiger charge is -2.13. The van der Waals surface area contributed by atoms with E-state index in [1.807, 2.05) is 79.7 Å². The molecule has 0 radical (unpaired) electrons. The van der Waals surface area contributed by atoms with Crippen LogP contribution in [0.1, 0.15) is 35.1 Å². The van der Waals surface area contributed by atoms with Gasteiger partial charge in [0.1, 0.15) is 23.9 Å². The molecule has 1 atom stereocenters. The first-order valence-electron chi connectivity index (χ1n) is 12.4. The Balaban J connectivity index is 1.37. The minimum Gasteiger partial charge on any atom is -0.497 e. The van der Waals surface area contributed by atoms with Crippen molar-refractivity contribution in [3.05, 3.63) is 119 Å². The van der Waals surface area contributed by atoms with Crippen molar-refractivity contribution >= 4 is 11.5 Å². The van der Waals surface area contributed by atoms with E-state index in [0.29, 0.717) is 29.4 Å². The molecular weight excluding hydrogens is 480 g/mol. The van der Waals surface area contributed by atoms with Gasteiger partial charge in [0.25, 0.3) is 0 Å². The maximum absolute atomic E-state index is 13.7. The molecule has 4 aromatic carbocycles. The first-order valence-corrected chi connectivity index (χ1v) is 12.4. The van der Waals surface area contributed by atoms with E-state index >= 15 is 0 Å². The Labute approximate surface area is 221 Å². The third kappa shape index (κ3) is 4.45. The van der Waals surface area contributed by atoms with Crippen LogP contribution in [0.4, 0.5) is 0 Å². The molecule has 6 heteroatoms. The van der Waals surface area contributed by atoms with Crippen LogP contribution in [0.5, 0.6) is 28.7 Å². The normalized spacial score (nSPS) is 15.3. The average molecular weight is 507 g/mol. The summed E-state index contributed by atoms with van der Waals surface area (Å²) in [6.07, 6.45) is 0. The second kappa shape index (κ2) is 9.98. The molecule has 0 fully saturated rings. The van der Waals surface area contributed by atoms with E-state index in [1.54, 1.807) is 25.3 Å². The van der Waals surface area contributed by atoms with Crippen LogP contribution >= 0.6 is 0 Å². The van der Waals surface area contributed by atoms with Gasteiger partial charge in [0.2, 0.25) is 6.79 Å². The van der Waals surface area contributed by atoms with Gasteiger partial charge in [-0.1, -0.05) is 55.5 Å². The van der Waals surface area contributed by atoms with Gasteiger partial charge in [-0.15, -0.1) is 0 Å². The standard InChI is InChI=1S/C32H26O6/c1-20-26-14-12-24(35-18-21-6-4-3-5-7-21)16-27(26)31(22-8-10-23(34-2)11-9-22)30(20)32(33)38-25-13-15-28-29(17-25)37-19-36-28/h3-17,20H,18-19H2,1-2H3. The second-order valence-corrected chi connectivity index (χ2v) is 9.17. The Morgan fingerprint density at radius 3 is 2.37 bits per heavy atom. The molecule has 0 saturated heterocycles. The molecule has 0 saturated carbocycles. The predicted molar refractivity (Wildman–Crippen MR) is 143 cm³/mol. The zero-order valence-corrected chi connectivity index (χ0v) is 21.1. The van der Waals surface area contributed by atoms with E-state index in [0.717, 1.165) is 39.3 Å². The lowest BCUT2D eigenvalue weighted by Crippen LogP contribution is -2.14. The van der Waals surface area contributed by atoms with Crippen molar-refractivity contribution in [1.29, 1.82) is 0 Å². The summed E-state index contributed by atoms with van der Waals surface area (Å²) in [7, 11) is 1.63. The number of hydrogen-bond donors (Lipinski definition) is 0. The Hall–Kier alpha value is -4.71. The van der Waals surface area contributed by atoms with Gasteiger partial charge in [-0.25, -0.2) is 4.79 Å². The molecule has 38 heavy (non-hydrogen) atoms. The van der Waals surface area contributed by atoms with Crippen molar-refractivity contribution in [1.82, 2.24) is 0 Å². The van der Waals surface area contributed by atoms with Crippen LogP contribution in [0.25, 0.3) is 5.57 Å². The number of benzene rings is 4. The third-order valence-electron chi connectivity index (χ3n) is 6.86. The lowest BCUT2D eigenvalue weighted by atomic mass is 9.96. The summed E-state index contributed by atoms with van der Waals surface area (Å²) in [5.41, 5.74) is 5.38. The van der Waals surface area contributed by atoms with E-state index in [1.165, 1.54) is 0 Å². The van der Waals surface area contributed by atoms with Crippen molar-refractivity contribution in [2.24, 2.45) is 0 Å². The molecule has 0 amide bonds. The number of esters is 1. The van der Waals surface area contributed by atoms with Crippen molar-refractivity contribution in [2.75, 3.05) is 13.9 Å². The molecule has 0 spiro atoms. The molecular formula is C32H26O6. The first-order chi connectivity index (χ1) is 18.6. The minimum absolute atomic E-state index is 0.153. The molecule has 4 aromatic rings. The zero-order valence-electron chi connectivity index (χ0n) is 21.1.